The van der Waals surface area contributed by atoms with Gasteiger partial charge in [-0.1, -0.05) is 23.8 Å². The molecule has 2 aliphatic heterocycles. The summed E-state index contributed by atoms with van der Waals surface area (Å²) >= 11 is 0. The van der Waals surface area contributed by atoms with Crippen molar-refractivity contribution in [1.82, 2.24) is 14.7 Å². The molecule has 0 bridgehead atoms. The zero-order valence-corrected chi connectivity index (χ0v) is 19.1. The Labute approximate surface area is 196 Å². The second-order valence-corrected chi connectivity index (χ2v) is 9.14. The topological polar surface area (TPSA) is 102 Å². The van der Waals surface area contributed by atoms with Crippen LogP contribution in [0.4, 0.5) is 0 Å². The van der Waals surface area contributed by atoms with Crippen LogP contribution < -0.4 is 10.3 Å². The van der Waals surface area contributed by atoms with Crippen molar-refractivity contribution in [2.24, 2.45) is 0 Å². The average molecular weight is 460 g/mol. The molecule has 8 heteroatoms. The number of piperidine rings is 1. The minimum absolute atomic E-state index is 0.0502. The molecule has 5 rings (SSSR count). The standard InChI is InChI=1S/C26H25N3O5/c1-16-4-3-5-18(12-16)29-23(32)14-20(30)24(27-29)25(33)28-10-8-26(9-11-28)15-21(31)19-13-17(2)6-7-22(19)34-26/h3-7,12-14,30H,8-11,15H2,1-2H3. The van der Waals surface area contributed by atoms with Crippen molar-refractivity contribution in [3.8, 4) is 17.2 Å². The van der Waals surface area contributed by atoms with Crippen LogP contribution in [0.15, 0.2) is 53.3 Å². The van der Waals surface area contributed by atoms with Gasteiger partial charge in [-0.25, -0.2) is 0 Å². The van der Waals surface area contributed by atoms with Crippen LogP contribution in [-0.4, -0.2) is 50.2 Å². The second-order valence-electron chi connectivity index (χ2n) is 9.14. The van der Waals surface area contributed by atoms with Crippen molar-refractivity contribution in [2.45, 2.75) is 38.7 Å². The first-order chi connectivity index (χ1) is 16.2. The van der Waals surface area contributed by atoms with Crippen LogP contribution in [-0.2, 0) is 0 Å². The molecule has 34 heavy (non-hydrogen) atoms. The lowest BCUT2D eigenvalue weighted by atomic mass is 9.82. The maximum Gasteiger partial charge on any atom is 0.278 e. The molecule has 1 saturated heterocycles. The molecule has 1 amide bonds. The SMILES string of the molecule is Cc1cccc(-n2nc(C(=O)N3CCC4(CC3)CC(=O)c3cc(C)ccc3O4)c(O)cc2=O)c1. The van der Waals surface area contributed by atoms with Gasteiger partial charge in [-0.3, -0.25) is 14.4 Å². The number of amides is 1. The van der Waals surface area contributed by atoms with Crippen LogP contribution in [0.1, 0.15) is 51.2 Å². The summed E-state index contributed by atoms with van der Waals surface area (Å²) in [5.41, 5.74) is 1.71. The summed E-state index contributed by atoms with van der Waals surface area (Å²) in [5, 5.41) is 14.5. The summed E-state index contributed by atoms with van der Waals surface area (Å²) in [6.45, 7) is 4.52. The van der Waals surface area contributed by atoms with Crippen molar-refractivity contribution >= 4 is 11.7 Å². The normalized spacial score (nSPS) is 16.8. The van der Waals surface area contributed by atoms with E-state index in [0.717, 1.165) is 21.9 Å². The second kappa shape index (κ2) is 8.13. The van der Waals surface area contributed by atoms with Gasteiger partial charge in [-0.15, -0.1) is 0 Å². The van der Waals surface area contributed by atoms with E-state index in [4.69, 9.17) is 4.74 Å². The molecule has 2 aliphatic rings. The summed E-state index contributed by atoms with van der Waals surface area (Å²) in [7, 11) is 0. The molecule has 1 N–H and O–H groups in total. The predicted octanol–water partition coefficient (Wildman–Crippen LogP) is 3.20. The minimum atomic E-state index is -0.647. The van der Waals surface area contributed by atoms with Crippen molar-refractivity contribution < 1.29 is 19.4 Å². The summed E-state index contributed by atoms with van der Waals surface area (Å²) < 4.78 is 7.40. The number of aromatic hydroxyl groups is 1. The Hall–Kier alpha value is -3.94. The van der Waals surface area contributed by atoms with Crippen molar-refractivity contribution in [3.05, 3.63) is 81.3 Å². The van der Waals surface area contributed by atoms with Crippen LogP contribution in [0, 0.1) is 13.8 Å². The molecule has 1 fully saturated rings. The smallest absolute Gasteiger partial charge is 0.278 e. The molecule has 3 heterocycles. The molecule has 1 spiro atoms. The number of carbonyl (C=O) groups is 2. The number of likely N-dealkylation sites (tertiary alicyclic amines) is 1. The quantitative estimate of drug-likeness (QED) is 0.632. The number of rotatable bonds is 2. The van der Waals surface area contributed by atoms with E-state index in [1.54, 1.807) is 23.1 Å². The van der Waals surface area contributed by atoms with Crippen molar-refractivity contribution in [3.63, 3.8) is 0 Å². The molecular formula is C26H25N3O5. The molecule has 0 aliphatic carbocycles. The van der Waals surface area contributed by atoms with E-state index in [0.29, 0.717) is 42.9 Å². The first-order valence-corrected chi connectivity index (χ1v) is 11.3. The van der Waals surface area contributed by atoms with Gasteiger partial charge >= 0.3 is 0 Å². The predicted molar refractivity (Wildman–Crippen MR) is 125 cm³/mol. The molecule has 0 radical (unpaired) electrons. The molecule has 174 valence electrons. The number of hydrogen-bond donors (Lipinski definition) is 1. The van der Waals surface area contributed by atoms with Crippen LogP contribution in [0.3, 0.4) is 0 Å². The van der Waals surface area contributed by atoms with E-state index < -0.39 is 22.8 Å². The Bertz CT molecular complexity index is 1370. The largest absolute Gasteiger partial charge is 0.505 e. The lowest BCUT2D eigenvalue weighted by Gasteiger charge is -2.43. The van der Waals surface area contributed by atoms with E-state index >= 15 is 0 Å². The van der Waals surface area contributed by atoms with Crippen molar-refractivity contribution in [2.75, 3.05) is 13.1 Å². The first kappa shape index (κ1) is 21.9. The number of hydrogen-bond acceptors (Lipinski definition) is 6. The number of aromatic nitrogens is 2. The summed E-state index contributed by atoms with van der Waals surface area (Å²) in [4.78, 5) is 40.0. The third kappa shape index (κ3) is 3.85. The van der Waals surface area contributed by atoms with Crippen LogP contribution in [0.5, 0.6) is 11.5 Å². The first-order valence-electron chi connectivity index (χ1n) is 11.3. The third-order valence-electron chi connectivity index (χ3n) is 6.57. The van der Waals surface area contributed by atoms with Gasteiger partial charge in [0.15, 0.2) is 17.2 Å². The molecule has 0 atom stereocenters. The molecule has 0 saturated carbocycles. The number of Topliss-reactive ketones (excluding diaryl/α,β-unsaturated/α-hetero) is 1. The van der Waals surface area contributed by atoms with Gasteiger partial charge in [0.2, 0.25) is 0 Å². The Morgan fingerprint density at radius 1 is 1.03 bits per heavy atom. The van der Waals surface area contributed by atoms with Gasteiger partial charge in [0.05, 0.1) is 17.7 Å². The monoisotopic (exact) mass is 459 g/mol. The van der Waals surface area contributed by atoms with Crippen LogP contribution in [0.2, 0.25) is 0 Å². The fraction of sp³-hybridized carbons (Fsp3) is 0.308. The van der Waals surface area contributed by atoms with Gasteiger partial charge in [0.1, 0.15) is 11.4 Å². The Morgan fingerprint density at radius 2 is 1.76 bits per heavy atom. The van der Waals surface area contributed by atoms with Crippen molar-refractivity contribution in [1.29, 1.82) is 0 Å². The number of benzene rings is 2. The van der Waals surface area contributed by atoms with Gasteiger partial charge in [-0.2, -0.15) is 9.78 Å². The zero-order chi connectivity index (χ0) is 24.0. The van der Waals surface area contributed by atoms with Crippen LogP contribution in [0.25, 0.3) is 5.69 Å². The van der Waals surface area contributed by atoms with E-state index in [-0.39, 0.29) is 17.9 Å². The number of fused-ring (bicyclic) bond motifs is 1. The number of ether oxygens (including phenoxy) is 1. The molecule has 8 nitrogen and oxygen atoms in total. The molecule has 3 aromatic rings. The minimum Gasteiger partial charge on any atom is -0.505 e. The van der Waals surface area contributed by atoms with E-state index in [1.165, 1.54) is 0 Å². The van der Waals surface area contributed by atoms with Gasteiger partial charge in [0.25, 0.3) is 11.5 Å². The van der Waals surface area contributed by atoms with Gasteiger partial charge < -0.3 is 14.7 Å². The highest BCUT2D eigenvalue weighted by molar-refractivity contribution is 6.00. The number of carbonyl (C=O) groups excluding carboxylic acids is 2. The van der Waals surface area contributed by atoms with Crippen LogP contribution >= 0.6 is 0 Å². The number of nitrogens with zero attached hydrogens (tertiary/aromatic N) is 3. The molecule has 0 unspecified atom stereocenters. The lowest BCUT2D eigenvalue weighted by molar-refractivity contribution is -0.00595. The highest BCUT2D eigenvalue weighted by atomic mass is 16.5. The fourth-order valence-corrected chi connectivity index (χ4v) is 4.70. The number of aryl methyl sites for hydroxylation is 2. The Morgan fingerprint density at radius 3 is 2.50 bits per heavy atom. The summed E-state index contributed by atoms with van der Waals surface area (Å²) in [5.74, 6) is -0.278. The van der Waals surface area contributed by atoms with E-state index in [9.17, 15) is 19.5 Å². The maximum atomic E-state index is 13.2. The molecule has 2 aromatic carbocycles. The third-order valence-corrected chi connectivity index (χ3v) is 6.57. The molecular weight excluding hydrogens is 434 g/mol. The van der Waals surface area contributed by atoms with E-state index in [2.05, 4.69) is 5.10 Å². The van der Waals surface area contributed by atoms with Gasteiger partial charge in [-0.05, 0) is 43.7 Å². The Kier molecular flexibility index (Phi) is 5.23. The summed E-state index contributed by atoms with van der Waals surface area (Å²) in [6.07, 6.45) is 1.24. The lowest BCUT2D eigenvalue weighted by Crippen LogP contribution is -2.52. The highest BCUT2D eigenvalue weighted by Gasteiger charge is 2.44. The van der Waals surface area contributed by atoms with Gasteiger partial charge in [0, 0.05) is 32.0 Å². The average Bonchev–Trinajstić information content (AvgIpc) is 2.80. The van der Waals surface area contributed by atoms with E-state index in [1.807, 2.05) is 38.1 Å². The molecule has 1 aromatic heterocycles. The summed E-state index contributed by atoms with van der Waals surface area (Å²) in [6, 6.07) is 13.8. The zero-order valence-electron chi connectivity index (χ0n) is 19.1. The Balaban J connectivity index is 1.37. The maximum absolute atomic E-state index is 13.2. The number of ketones is 1. The highest BCUT2D eigenvalue weighted by Crippen LogP contribution is 2.40. The fourth-order valence-electron chi connectivity index (χ4n) is 4.70.